The molecule has 138 valence electrons. The number of nitrogens with two attached hydrogens (primary N) is 1. The van der Waals surface area contributed by atoms with Gasteiger partial charge in [0.15, 0.2) is 5.69 Å². The van der Waals surface area contributed by atoms with E-state index in [1.54, 1.807) is 29.2 Å². The lowest BCUT2D eigenvalue weighted by atomic mass is 10.0. The largest absolute Gasteiger partial charge is 0.477 e. The Kier molecular flexibility index (Phi) is 4.81. The highest BCUT2D eigenvalue weighted by molar-refractivity contribution is 7.87. The van der Waals surface area contributed by atoms with Gasteiger partial charge in [0.2, 0.25) is 0 Å². The van der Waals surface area contributed by atoms with Crippen LogP contribution < -0.4 is 10.5 Å². The lowest BCUT2D eigenvalue weighted by Crippen LogP contribution is -2.46. The van der Waals surface area contributed by atoms with E-state index in [1.165, 1.54) is 6.07 Å². The summed E-state index contributed by atoms with van der Waals surface area (Å²) in [5, 5.41) is 17.6. The first-order chi connectivity index (χ1) is 12.3. The molecule has 9 nitrogen and oxygen atoms in total. The van der Waals surface area contributed by atoms with Crippen LogP contribution in [0.2, 0.25) is 0 Å². The van der Waals surface area contributed by atoms with Crippen LogP contribution in [0.25, 0.3) is 11.1 Å². The number of aromatic nitrogens is 1. The van der Waals surface area contributed by atoms with Crippen LogP contribution in [-0.2, 0) is 10.2 Å². The van der Waals surface area contributed by atoms with Crippen LogP contribution in [0.3, 0.4) is 0 Å². The Hall–Kier alpha value is -2.69. The fraction of sp³-hybridized carbons (Fsp3) is 0.250. The molecule has 1 aromatic carbocycles. The van der Waals surface area contributed by atoms with Gasteiger partial charge in [-0.3, -0.25) is 4.79 Å². The quantitative estimate of drug-likeness (QED) is 0.683. The van der Waals surface area contributed by atoms with Gasteiger partial charge in [0.1, 0.15) is 0 Å². The summed E-state index contributed by atoms with van der Waals surface area (Å²) in [6.07, 6.45) is 1.09. The molecule has 0 spiro atoms. The maximum Gasteiger partial charge on any atom is 0.354 e. The average molecular weight is 378 g/mol. The number of rotatable bonds is 4. The van der Waals surface area contributed by atoms with Crippen LogP contribution in [0.4, 0.5) is 0 Å². The van der Waals surface area contributed by atoms with Crippen LogP contribution in [0.5, 0.6) is 0 Å². The molecule has 0 radical (unpaired) electrons. The molecule has 26 heavy (non-hydrogen) atoms. The SMILES string of the molecule is NS(=O)(=O)n1ccc(-c2ccc(C(=O)N3CCNCC3)cc2)c1C(=O)O. The van der Waals surface area contributed by atoms with Crippen LogP contribution >= 0.6 is 0 Å². The van der Waals surface area contributed by atoms with E-state index >= 15 is 0 Å². The van der Waals surface area contributed by atoms with Gasteiger partial charge in [-0.2, -0.15) is 8.42 Å². The fourth-order valence-corrected chi connectivity index (χ4v) is 3.57. The van der Waals surface area contributed by atoms with Gasteiger partial charge in [0.05, 0.1) is 0 Å². The molecule has 1 aliphatic rings. The molecule has 1 fully saturated rings. The minimum Gasteiger partial charge on any atom is -0.477 e. The van der Waals surface area contributed by atoms with Gasteiger partial charge in [0, 0.05) is 43.5 Å². The molecular formula is C16H18N4O5S. The molecule has 1 amide bonds. The Morgan fingerprint density at radius 1 is 1.08 bits per heavy atom. The topological polar surface area (TPSA) is 135 Å². The predicted molar refractivity (Wildman–Crippen MR) is 94.1 cm³/mol. The van der Waals surface area contributed by atoms with Crippen molar-refractivity contribution >= 4 is 22.1 Å². The molecule has 1 aromatic heterocycles. The summed E-state index contributed by atoms with van der Waals surface area (Å²) in [5.41, 5.74) is 0.710. The van der Waals surface area contributed by atoms with Gasteiger partial charge in [-0.25, -0.2) is 13.9 Å². The second-order valence-corrected chi connectivity index (χ2v) is 7.27. The second kappa shape index (κ2) is 6.90. The number of piperazine rings is 1. The number of carbonyl (C=O) groups is 2. The highest BCUT2D eigenvalue weighted by atomic mass is 32.2. The molecule has 2 aromatic rings. The van der Waals surface area contributed by atoms with Crippen LogP contribution in [0.15, 0.2) is 36.5 Å². The monoisotopic (exact) mass is 378 g/mol. The van der Waals surface area contributed by atoms with Gasteiger partial charge in [0.25, 0.3) is 5.91 Å². The van der Waals surface area contributed by atoms with Gasteiger partial charge in [-0.15, -0.1) is 0 Å². The molecule has 0 aliphatic carbocycles. The van der Waals surface area contributed by atoms with Crippen molar-refractivity contribution in [1.29, 1.82) is 0 Å². The van der Waals surface area contributed by atoms with E-state index in [0.717, 1.165) is 19.3 Å². The minimum absolute atomic E-state index is 0.0985. The lowest BCUT2D eigenvalue weighted by Gasteiger charge is -2.27. The zero-order valence-electron chi connectivity index (χ0n) is 13.8. The Labute approximate surface area is 150 Å². The fourth-order valence-electron chi connectivity index (χ4n) is 2.91. The van der Waals surface area contributed by atoms with Crippen LogP contribution in [0, 0.1) is 0 Å². The number of amides is 1. The summed E-state index contributed by atoms with van der Waals surface area (Å²) in [7, 11) is -4.23. The summed E-state index contributed by atoms with van der Waals surface area (Å²) in [5.74, 6) is -1.52. The summed E-state index contributed by atoms with van der Waals surface area (Å²) < 4.78 is 23.6. The molecule has 3 rings (SSSR count). The number of aromatic carboxylic acids is 1. The van der Waals surface area contributed by atoms with Crippen molar-refractivity contribution in [3.05, 3.63) is 47.8 Å². The smallest absolute Gasteiger partial charge is 0.354 e. The molecule has 10 heteroatoms. The summed E-state index contributed by atoms with van der Waals surface area (Å²) in [6, 6.07) is 7.73. The average Bonchev–Trinajstić information content (AvgIpc) is 3.08. The maximum absolute atomic E-state index is 12.5. The molecule has 4 N–H and O–H groups in total. The Bertz CT molecular complexity index is 944. The summed E-state index contributed by atoms with van der Waals surface area (Å²) in [6.45, 7) is 2.74. The number of nitrogens with one attached hydrogen (secondary N) is 1. The van der Waals surface area contributed by atoms with Crippen molar-refractivity contribution in [3.63, 3.8) is 0 Å². The summed E-state index contributed by atoms with van der Waals surface area (Å²) >= 11 is 0. The van der Waals surface area contributed by atoms with Gasteiger partial charge in [-0.1, -0.05) is 12.1 Å². The number of carboxylic acid groups (broad SMARTS) is 1. The van der Waals surface area contributed by atoms with Gasteiger partial charge >= 0.3 is 16.2 Å². The highest BCUT2D eigenvalue weighted by Gasteiger charge is 2.23. The molecule has 0 bridgehead atoms. The van der Waals surface area contributed by atoms with Crippen molar-refractivity contribution in [2.24, 2.45) is 5.14 Å². The third-order valence-corrected chi connectivity index (χ3v) is 5.03. The number of carboxylic acids is 1. The van der Waals surface area contributed by atoms with Crippen LogP contribution in [0.1, 0.15) is 20.8 Å². The predicted octanol–water partition coefficient (Wildman–Crippen LogP) is -0.0497. The molecule has 2 heterocycles. The van der Waals surface area contributed by atoms with Crippen molar-refractivity contribution in [3.8, 4) is 11.1 Å². The molecule has 0 saturated carbocycles. The number of hydrogen-bond donors (Lipinski definition) is 3. The molecular weight excluding hydrogens is 360 g/mol. The second-order valence-electron chi connectivity index (χ2n) is 5.84. The zero-order chi connectivity index (χ0) is 18.9. The van der Waals surface area contributed by atoms with E-state index in [0.29, 0.717) is 28.2 Å². The van der Waals surface area contributed by atoms with E-state index in [4.69, 9.17) is 5.14 Å². The van der Waals surface area contributed by atoms with Crippen molar-refractivity contribution in [2.45, 2.75) is 0 Å². The maximum atomic E-state index is 12.5. The number of hydrogen-bond acceptors (Lipinski definition) is 5. The first-order valence-electron chi connectivity index (χ1n) is 7.87. The third kappa shape index (κ3) is 3.47. The van der Waals surface area contributed by atoms with E-state index < -0.39 is 21.9 Å². The third-order valence-electron chi connectivity index (χ3n) is 4.18. The molecule has 1 saturated heterocycles. The standard InChI is InChI=1S/C16H18N4O5S/c17-26(24,25)20-8-5-13(14(20)16(22)23)11-1-3-12(4-2-11)15(21)19-9-6-18-7-10-19/h1-5,8,18H,6-7,9-10H2,(H,22,23)(H2,17,24,25). The highest BCUT2D eigenvalue weighted by Crippen LogP contribution is 2.26. The Morgan fingerprint density at radius 2 is 1.69 bits per heavy atom. The molecule has 1 aliphatic heterocycles. The Morgan fingerprint density at radius 3 is 2.23 bits per heavy atom. The van der Waals surface area contributed by atoms with Gasteiger partial charge < -0.3 is 15.3 Å². The van der Waals surface area contributed by atoms with Crippen molar-refractivity contribution < 1.29 is 23.1 Å². The van der Waals surface area contributed by atoms with E-state index in [9.17, 15) is 23.1 Å². The minimum atomic E-state index is -4.23. The van der Waals surface area contributed by atoms with Crippen molar-refractivity contribution in [1.82, 2.24) is 14.2 Å². The number of nitrogens with zero attached hydrogens (tertiary/aromatic N) is 2. The van der Waals surface area contributed by atoms with E-state index in [1.807, 2.05) is 0 Å². The summed E-state index contributed by atoms with van der Waals surface area (Å²) in [4.78, 5) is 25.7. The normalized spacial score (nSPS) is 15.0. The lowest BCUT2D eigenvalue weighted by molar-refractivity contribution is 0.0688. The molecule has 0 atom stereocenters. The Balaban J connectivity index is 1.93. The number of benzene rings is 1. The number of carbonyl (C=O) groups excluding carboxylic acids is 1. The first kappa shape index (κ1) is 18.1. The van der Waals surface area contributed by atoms with E-state index in [-0.39, 0.29) is 11.5 Å². The van der Waals surface area contributed by atoms with Crippen LogP contribution in [-0.4, -0.2) is 60.5 Å². The van der Waals surface area contributed by atoms with Gasteiger partial charge in [-0.05, 0) is 23.8 Å². The molecule has 0 unspecified atom stereocenters. The van der Waals surface area contributed by atoms with E-state index in [2.05, 4.69) is 5.32 Å². The first-order valence-corrected chi connectivity index (χ1v) is 9.38. The van der Waals surface area contributed by atoms with Crippen molar-refractivity contribution in [2.75, 3.05) is 26.2 Å². The zero-order valence-corrected chi connectivity index (χ0v) is 14.6.